The Bertz CT molecular complexity index is 78.0. The van der Waals surface area contributed by atoms with E-state index in [1.807, 2.05) is 0 Å². The van der Waals surface area contributed by atoms with Crippen LogP contribution in [0.2, 0.25) is 0 Å². The van der Waals surface area contributed by atoms with Gasteiger partial charge in [0.2, 0.25) is 0 Å². The molecule has 1 aliphatic carbocycles. The summed E-state index contributed by atoms with van der Waals surface area (Å²) in [7, 11) is 0. The Balaban J connectivity index is 2.09. The van der Waals surface area contributed by atoms with Crippen molar-refractivity contribution in [2.24, 2.45) is 5.92 Å². The first-order valence-electron chi connectivity index (χ1n) is 5.13. The third-order valence-electron chi connectivity index (χ3n) is 2.79. The monoisotopic (exact) mass is 152 g/mol. The highest BCUT2D eigenvalue weighted by molar-refractivity contribution is 4.64. The van der Waals surface area contributed by atoms with E-state index in [-0.39, 0.29) is 0 Å². The molecule has 0 aliphatic heterocycles. The van der Waals surface area contributed by atoms with Crippen molar-refractivity contribution in [2.75, 3.05) is 0 Å². The largest absolute Gasteiger partial charge is 0.0533 e. The van der Waals surface area contributed by atoms with E-state index in [9.17, 15) is 0 Å². The normalized spacial score (nSPS) is 21.5. The summed E-state index contributed by atoms with van der Waals surface area (Å²) in [6.45, 7) is 5.48. The fraction of sp³-hybridized carbons (Fsp3) is 0.909. The van der Waals surface area contributed by atoms with Crippen LogP contribution in [0.4, 0.5) is 0 Å². The SMILES string of the molecule is [CH]CCCC1CCCCCC1. The second kappa shape index (κ2) is 5.62. The Hall–Kier alpha value is 0. The Kier molecular flexibility index (Phi) is 4.65. The van der Waals surface area contributed by atoms with Crippen LogP contribution in [0.5, 0.6) is 0 Å². The van der Waals surface area contributed by atoms with Gasteiger partial charge in [0.15, 0.2) is 0 Å². The summed E-state index contributed by atoms with van der Waals surface area (Å²) < 4.78 is 0. The van der Waals surface area contributed by atoms with E-state index >= 15 is 0 Å². The molecule has 0 nitrogen and oxygen atoms in total. The van der Waals surface area contributed by atoms with Crippen LogP contribution in [0.15, 0.2) is 0 Å². The van der Waals surface area contributed by atoms with Crippen molar-refractivity contribution in [3.63, 3.8) is 0 Å². The highest BCUT2D eigenvalue weighted by atomic mass is 14.2. The molecular weight excluding hydrogens is 132 g/mol. The smallest absolute Gasteiger partial charge is 0.0352 e. The van der Waals surface area contributed by atoms with Crippen LogP contribution < -0.4 is 0 Å². The third kappa shape index (κ3) is 3.79. The van der Waals surface area contributed by atoms with E-state index in [4.69, 9.17) is 6.92 Å². The number of hydrogen-bond donors (Lipinski definition) is 0. The Morgan fingerprint density at radius 3 is 2.18 bits per heavy atom. The van der Waals surface area contributed by atoms with Gasteiger partial charge in [0.25, 0.3) is 0 Å². The predicted molar refractivity (Wildman–Crippen MR) is 49.3 cm³/mol. The zero-order valence-corrected chi connectivity index (χ0v) is 7.52. The molecule has 0 heteroatoms. The molecule has 0 amide bonds. The van der Waals surface area contributed by atoms with Gasteiger partial charge in [-0.25, -0.2) is 0 Å². The lowest BCUT2D eigenvalue weighted by Gasteiger charge is -2.11. The maximum Gasteiger partial charge on any atom is -0.0352 e. The fourth-order valence-corrected chi connectivity index (χ4v) is 2.06. The summed E-state index contributed by atoms with van der Waals surface area (Å²) in [6.07, 6.45) is 12.3. The Morgan fingerprint density at radius 1 is 1.00 bits per heavy atom. The van der Waals surface area contributed by atoms with Gasteiger partial charge < -0.3 is 0 Å². The van der Waals surface area contributed by atoms with Crippen LogP contribution in [0.25, 0.3) is 0 Å². The quantitative estimate of drug-likeness (QED) is 0.539. The lowest BCUT2D eigenvalue weighted by molar-refractivity contribution is 0.417. The van der Waals surface area contributed by atoms with Crippen molar-refractivity contribution < 1.29 is 0 Å². The highest BCUT2D eigenvalue weighted by Crippen LogP contribution is 2.26. The maximum atomic E-state index is 5.48. The molecule has 0 N–H and O–H groups in total. The summed E-state index contributed by atoms with van der Waals surface area (Å²) in [5.74, 6) is 1.01. The molecule has 1 saturated carbocycles. The van der Waals surface area contributed by atoms with Crippen LogP contribution in [0.1, 0.15) is 57.8 Å². The maximum absolute atomic E-state index is 5.48. The van der Waals surface area contributed by atoms with Gasteiger partial charge in [-0.15, -0.1) is 0 Å². The fourth-order valence-electron chi connectivity index (χ4n) is 2.06. The molecule has 0 aromatic carbocycles. The van der Waals surface area contributed by atoms with Gasteiger partial charge in [-0.2, -0.15) is 0 Å². The van der Waals surface area contributed by atoms with E-state index in [1.54, 1.807) is 0 Å². The van der Waals surface area contributed by atoms with Gasteiger partial charge in [0.1, 0.15) is 0 Å². The predicted octanol–water partition coefficient (Wildman–Crippen LogP) is 3.84. The first kappa shape index (κ1) is 9.09. The number of unbranched alkanes of at least 4 members (excludes halogenated alkanes) is 1. The molecule has 0 unspecified atom stereocenters. The van der Waals surface area contributed by atoms with Crippen molar-refractivity contribution in [3.8, 4) is 0 Å². The van der Waals surface area contributed by atoms with Crippen LogP contribution in [-0.2, 0) is 0 Å². The summed E-state index contributed by atoms with van der Waals surface area (Å²) in [5, 5.41) is 0. The summed E-state index contributed by atoms with van der Waals surface area (Å²) in [4.78, 5) is 0. The third-order valence-corrected chi connectivity index (χ3v) is 2.79. The summed E-state index contributed by atoms with van der Waals surface area (Å²) in [6, 6.07) is 0. The molecule has 0 bridgehead atoms. The van der Waals surface area contributed by atoms with E-state index < -0.39 is 0 Å². The van der Waals surface area contributed by atoms with E-state index in [2.05, 4.69) is 0 Å². The second-order valence-corrected chi connectivity index (χ2v) is 3.79. The van der Waals surface area contributed by atoms with Crippen LogP contribution in [-0.4, -0.2) is 0 Å². The van der Waals surface area contributed by atoms with Gasteiger partial charge in [0.05, 0.1) is 0 Å². The molecule has 0 aromatic rings. The van der Waals surface area contributed by atoms with Crippen molar-refractivity contribution in [1.29, 1.82) is 0 Å². The van der Waals surface area contributed by atoms with E-state index in [0.29, 0.717) is 0 Å². The number of rotatable bonds is 3. The summed E-state index contributed by atoms with van der Waals surface area (Å²) >= 11 is 0. The molecule has 1 fully saturated rings. The minimum absolute atomic E-state index is 0.885. The molecule has 0 spiro atoms. The van der Waals surface area contributed by atoms with E-state index in [1.165, 1.54) is 51.4 Å². The van der Waals surface area contributed by atoms with Crippen LogP contribution in [0.3, 0.4) is 0 Å². The minimum Gasteiger partial charge on any atom is -0.0533 e. The Morgan fingerprint density at radius 2 is 1.64 bits per heavy atom. The molecule has 11 heavy (non-hydrogen) atoms. The van der Waals surface area contributed by atoms with Gasteiger partial charge >= 0.3 is 0 Å². The van der Waals surface area contributed by atoms with Gasteiger partial charge in [-0.3, -0.25) is 0 Å². The van der Waals surface area contributed by atoms with Gasteiger partial charge in [-0.05, 0) is 19.3 Å². The first-order chi connectivity index (χ1) is 5.43. The van der Waals surface area contributed by atoms with E-state index in [0.717, 1.165) is 12.3 Å². The zero-order chi connectivity index (χ0) is 7.94. The standard InChI is InChI=1S/C11H20/c1-2-3-8-11-9-6-4-5-7-10-11/h1,11H,2-10H2. The van der Waals surface area contributed by atoms with Crippen molar-refractivity contribution in [3.05, 3.63) is 6.92 Å². The van der Waals surface area contributed by atoms with Crippen LogP contribution >= 0.6 is 0 Å². The molecule has 0 aromatic heterocycles. The molecule has 0 heterocycles. The Labute approximate surface area is 71.4 Å². The molecule has 1 rings (SSSR count). The molecule has 64 valence electrons. The van der Waals surface area contributed by atoms with Crippen molar-refractivity contribution in [2.45, 2.75) is 57.8 Å². The lowest BCUT2D eigenvalue weighted by Crippen LogP contribution is -1.97. The topological polar surface area (TPSA) is 0 Å². The van der Waals surface area contributed by atoms with Gasteiger partial charge in [0, 0.05) is 0 Å². The van der Waals surface area contributed by atoms with Crippen LogP contribution in [0, 0.1) is 12.8 Å². The number of hydrogen-bond acceptors (Lipinski definition) is 0. The lowest BCUT2D eigenvalue weighted by atomic mass is 9.94. The minimum atomic E-state index is 0.885. The highest BCUT2D eigenvalue weighted by Gasteiger charge is 2.10. The molecule has 2 radical (unpaired) electrons. The molecule has 1 aliphatic rings. The van der Waals surface area contributed by atoms with Gasteiger partial charge in [-0.1, -0.05) is 51.4 Å². The van der Waals surface area contributed by atoms with Crippen molar-refractivity contribution >= 4 is 0 Å². The second-order valence-electron chi connectivity index (χ2n) is 3.79. The van der Waals surface area contributed by atoms with Crippen molar-refractivity contribution in [1.82, 2.24) is 0 Å². The average Bonchev–Trinajstić information content (AvgIpc) is 2.28. The molecule has 0 saturated heterocycles. The average molecular weight is 152 g/mol. The molecular formula is C11H20. The summed E-state index contributed by atoms with van der Waals surface area (Å²) in [5.41, 5.74) is 0. The molecule has 0 atom stereocenters. The zero-order valence-electron chi connectivity index (χ0n) is 7.52. The first-order valence-corrected chi connectivity index (χ1v) is 5.13.